The first-order valence-corrected chi connectivity index (χ1v) is 8.36. The molecule has 0 spiro atoms. The maximum Gasteiger partial charge on any atom is 0.118 e. The molecule has 4 nitrogen and oxygen atoms in total. The highest BCUT2D eigenvalue weighted by atomic mass is 16.5. The molecule has 22 heavy (non-hydrogen) atoms. The number of hydrogen-bond donors (Lipinski definition) is 0. The van der Waals surface area contributed by atoms with Crippen molar-refractivity contribution in [3.8, 4) is 5.75 Å². The third-order valence-electron chi connectivity index (χ3n) is 4.77. The highest BCUT2D eigenvalue weighted by molar-refractivity contribution is 5.29. The summed E-state index contributed by atoms with van der Waals surface area (Å²) in [6, 6.07) is 8.42. The van der Waals surface area contributed by atoms with Gasteiger partial charge in [0, 0.05) is 26.2 Å². The molecule has 0 unspecified atom stereocenters. The summed E-state index contributed by atoms with van der Waals surface area (Å²) in [5, 5.41) is 0. The van der Waals surface area contributed by atoms with Gasteiger partial charge in [0.05, 0.1) is 25.9 Å². The summed E-state index contributed by atoms with van der Waals surface area (Å²) >= 11 is 0. The van der Waals surface area contributed by atoms with Gasteiger partial charge in [0.25, 0.3) is 0 Å². The highest BCUT2D eigenvalue weighted by Crippen LogP contribution is 2.24. The van der Waals surface area contributed by atoms with Crippen molar-refractivity contribution in [2.75, 3.05) is 40.0 Å². The summed E-state index contributed by atoms with van der Waals surface area (Å²) in [5.74, 6) is 1.43. The predicted molar refractivity (Wildman–Crippen MR) is 86.6 cm³/mol. The Hall–Kier alpha value is -1.10. The smallest absolute Gasteiger partial charge is 0.118 e. The second-order valence-electron chi connectivity index (χ2n) is 6.39. The number of methoxy groups -OCH3 is 1. The molecule has 0 saturated carbocycles. The summed E-state index contributed by atoms with van der Waals surface area (Å²) in [7, 11) is 1.71. The molecule has 122 valence electrons. The van der Waals surface area contributed by atoms with E-state index in [0.717, 1.165) is 45.0 Å². The van der Waals surface area contributed by atoms with E-state index in [4.69, 9.17) is 14.2 Å². The SMILES string of the molecule is COc1ccc([C@H](C)CN2CCO[C@H]([C@@H]3CCCO3)C2)cc1. The van der Waals surface area contributed by atoms with Crippen LogP contribution in [0.5, 0.6) is 5.75 Å². The van der Waals surface area contributed by atoms with E-state index >= 15 is 0 Å². The lowest BCUT2D eigenvalue weighted by Gasteiger charge is -2.36. The van der Waals surface area contributed by atoms with Gasteiger partial charge in [0.1, 0.15) is 5.75 Å². The normalized spacial score (nSPS) is 27.7. The summed E-state index contributed by atoms with van der Waals surface area (Å²) in [4.78, 5) is 2.52. The number of ether oxygens (including phenoxy) is 3. The van der Waals surface area contributed by atoms with E-state index in [9.17, 15) is 0 Å². The van der Waals surface area contributed by atoms with Gasteiger partial charge in [0.15, 0.2) is 0 Å². The number of benzene rings is 1. The van der Waals surface area contributed by atoms with Crippen LogP contribution in [-0.2, 0) is 9.47 Å². The molecule has 2 heterocycles. The summed E-state index contributed by atoms with van der Waals surface area (Å²) in [5.41, 5.74) is 1.36. The lowest BCUT2D eigenvalue weighted by Crippen LogP contribution is -2.48. The van der Waals surface area contributed by atoms with Crippen LogP contribution in [0.1, 0.15) is 31.2 Å². The van der Waals surface area contributed by atoms with Gasteiger partial charge in [-0.25, -0.2) is 0 Å². The van der Waals surface area contributed by atoms with Crippen molar-refractivity contribution < 1.29 is 14.2 Å². The second kappa shape index (κ2) is 7.44. The van der Waals surface area contributed by atoms with Crippen LogP contribution in [0.3, 0.4) is 0 Å². The topological polar surface area (TPSA) is 30.9 Å². The van der Waals surface area contributed by atoms with E-state index in [1.165, 1.54) is 12.0 Å². The number of hydrogen-bond acceptors (Lipinski definition) is 4. The maximum absolute atomic E-state index is 5.93. The van der Waals surface area contributed by atoms with E-state index in [0.29, 0.717) is 12.0 Å². The molecule has 2 fully saturated rings. The molecule has 0 amide bonds. The van der Waals surface area contributed by atoms with Gasteiger partial charge in [-0.15, -0.1) is 0 Å². The van der Waals surface area contributed by atoms with E-state index in [-0.39, 0.29) is 6.10 Å². The fourth-order valence-electron chi connectivity index (χ4n) is 3.44. The Morgan fingerprint density at radius 1 is 1.18 bits per heavy atom. The third kappa shape index (κ3) is 3.80. The maximum atomic E-state index is 5.93. The average Bonchev–Trinajstić information content (AvgIpc) is 3.10. The minimum Gasteiger partial charge on any atom is -0.497 e. The van der Waals surface area contributed by atoms with Crippen molar-refractivity contribution in [2.45, 2.75) is 37.9 Å². The number of morpholine rings is 1. The Morgan fingerprint density at radius 3 is 2.64 bits per heavy atom. The van der Waals surface area contributed by atoms with E-state index < -0.39 is 0 Å². The van der Waals surface area contributed by atoms with Gasteiger partial charge >= 0.3 is 0 Å². The van der Waals surface area contributed by atoms with Gasteiger partial charge in [0.2, 0.25) is 0 Å². The van der Waals surface area contributed by atoms with Gasteiger partial charge in [-0.3, -0.25) is 4.90 Å². The lowest BCUT2D eigenvalue weighted by molar-refractivity contribution is -0.0948. The van der Waals surface area contributed by atoms with E-state index in [1.54, 1.807) is 7.11 Å². The van der Waals surface area contributed by atoms with Gasteiger partial charge in [-0.2, -0.15) is 0 Å². The monoisotopic (exact) mass is 305 g/mol. The molecule has 1 aromatic rings. The number of nitrogens with zero attached hydrogens (tertiary/aromatic N) is 1. The second-order valence-corrected chi connectivity index (χ2v) is 6.39. The molecule has 0 radical (unpaired) electrons. The summed E-state index contributed by atoms with van der Waals surface area (Å²) in [6.07, 6.45) is 2.87. The molecular weight excluding hydrogens is 278 g/mol. The van der Waals surface area contributed by atoms with Crippen LogP contribution in [0.25, 0.3) is 0 Å². The lowest BCUT2D eigenvalue weighted by atomic mass is 9.99. The molecule has 0 bridgehead atoms. The van der Waals surface area contributed by atoms with Crippen molar-refractivity contribution in [3.05, 3.63) is 29.8 Å². The van der Waals surface area contributed by atoms with E-state index in [2.05, 4.69) is 24.0 Å². The first-order chi connectivity index (χ1) is 10.8. The minimum absolute atomic E-state index is 0.249. The predicted octanol–water partition coefficient (Wildman–Crippen LogP) is 2.68. The molecule has 2 aliphatic heterocycles. The van der Waals surface area contributed by atoms with Crippen LogP contribution in [-0.4, -0.2) is 57.1 Å². The molecule has 0 aromatic heterocycles. The Kier molecular flexibility index (Phi) is 5.34. The van der Waals surface area contributed by atoms with Gasteiger partial charge in [-0.1, -0.05) is 19.1 Å². The van der Waals surface area contributed by atoms with Crippen LogP contribution in [0.4, 0.5) is 0 Å². The molecule has 0 aliphatic carbocycles. The van der Waals surface area contributed by atoms with Crippen LogP contribution in [0.15, 0.2) is 24.3 Å². The largest absolute Gasteiger partial charge is 0.497 e. The Bertz CT molecular complexity index is 456. The fraction of sp³-hybridized carbons (Fsp3) is 0.667. The summed E-state index contributed by atoms with van der Waals surface area (Å²) in [6.45, 7) is 7.08. The van der Waals surface area contributed by atoms with Crippen molar-refractivity contribution in [2.24, 2.45) is 0 Å². The Balaban J connectivity index is 1.54. The minimum atomic E-state index is 0.249. The zero-order valence-electron chi connectivity index (χ0n) is 13.7. The molecule has 2 aliphatic rings. The highest BCUT2D eigenvalue weighted by Gasteiger charge is 2.31. The van der Waals surface area contributed by atoms with Crippen LogP contribution in [0.2, 0.25) is 0 Å². The molecule has 3 rings (SSSR count). The third-order valence-corrected chi connectivity index (χ3v) is 4.77. The zero-order chi connectivity index (χ0) is 15.4. The first kappa shape index (κ1) is 15.8. The quantitative estimate of drug-likeness (QED) is 0.837. The van der Waals surface area contributed by atoms with Crippen molar-refractivity contribution in [1.29, 1.82) is 0 Å². The Morgan fingerprint density at radius 2 is 1.95 bits per heavy atom. The van der Waals surface area contributed by atoms with Crippen LogP contribution in [0, 0.1) is 0 Å². The molecule has 1 aromatic carbocycles. The molecule has 4 heteroatoms. The standard InChI is InChI=1S/C18H27NO3/c1-14(15-5-7-16(20-2)8-6-15)12-19-9-11-22-18(13-19)17-4-3-10-21-17/h5-8,14,17-18H,3-4,9-13H2,1-2H3/t14-,17+,18+/m1/s1. The van der Waals surface area contributed by atoms with Crippen molar-refractivity contribution >= 4 is 0 Å². The van der Waals surface area contributed by atoms with Crippen molar-refractivity contribution in [3.63, 3.8) is 0 Å². The summed E-state index contributed by atoms with van der Waals surface area (Å²) < 4.78 is 16.9. The van der Waals surface area contributed by atoms with Crippen molar-refractivity contribution in [1.82, 2.24) is 4.90 Å². The Labute approximate surface area is 133 Å². The zero-order valence-corrected chi connectivity index (χ0v) is 13.7. The van der Waals surface area contributed by atoms with Gasteiger partial charge < -0.3 is 14.2 Å². The van der Waals surface area contributed by atoms with Crippen LogP contribution < -0.4 is 4.74 Å². The average molecular weight is 305 g/mol. The molecule has 2 saturated heterocycles. The van der Waals surface area contributed by atoms with E-state index in [1.807, 2.05) is 12.1 Å². The van der Waals surface area contributed by atoms with Crippen LogP contribution >= 0.6 is 0 Å². The molecule has 0 N–H and O–H groups in total. The fourth-order valence-corrected chi connectivity index (χ4v) is 3.44. The molecular formula is C18H27NO3. The first-order valence-electron chi connectivity index (χ1n) is 8.36. The molecule has 3 atom stereocenters. The van der Waals surface area contributed by atoms with Gasteiger partial charge in [-0.05, 0) is 36.5 Å². The number of rotatable bonds is 5.